The zero-order valence-corrected chi connectivity index (χ0v) is 12.9. The molecule has 0 spiro atoms. The van der Waals surface area contributed by atoms with Crippen molar-refractivity contribution in [2.24, 2.45) is 0 Å². The second-order valence-corrected chi connectivity index (χ2v) is 5.59. The third kappa shape index (κ3) is 5.52. The van der Waals surface area contributed by atoms with Crippen LogP contribution in [0.2, 0.25) is 0 Å². The Morgan fingerprint density at radius 3 is 2.71 bits per heavy atom. The van der Waals surface area contributed by atoms with E-state index in [1.165, 1.54) is 4.90 Å². The molecule has 0 unspecified atom stereocenters. The van der Waals surface area contributed by atoms with Gasteiger partial charge < -0.3 is 10.1 Å². The molecule has 1 amide bonds. The molecule has 0 bridgehead atoms. The van der Waals surface area contributed by atoms with Crippen LogP contribution in [0.1, 0.15) is 13.3 Å². The van der Waals surface area contributed by atoms with Gasteiger partial charge in [-0.15, -0.1) is 11.8 Å². The number of amides is 1. The summed E-state index contributed by atoms with van der Waals surface area (Å²) in [5.41, 5.74) is 0.774. The number of anilines is 1. The van der Waals surface area contributed by atoms with E-state index in [1.807, 2.05) is 61.5 Å². The standard InChI is InChI=1S/C17H19NO2S/c1-2-20-15-8-6-7-14(13-15)18-17(19)11-12-21-16-9-4-3-5-10-16/h3-10,13H,2,11-12H2,1H3,(H,18,19). The summed E-state index contributed by atoms with van der Waals surface area (Å²) >= 11 is 1.69. The van der Waals surface area contributed by atoms with Gasteiger partial charge in [-0.3, -0.25) is 4.79 Å². The Hall–Kier alpha value is -1.94. The van der Waals surface area contributed by atoms with Crippen LogP contribution in [0, 0.1) is 0 Å². The van der Waals surface area contributed by atoms with Gasteiger partial charge in [0.2, 0.25) is 5.91 Å². The van der Waals surface area contributed by atoms with Gasteiger partial charge in [0, 0.05) is 28.8 Å². The zero-order valence-electron chi connectivity index (χ0n) is 12.0. The summed E-state index contributed by atoms with van der Waals surface area (Å²) in [5, 5.41) is 2.89. The molecule has 0 aliphatic rings. The molecule has 2 rings (SSSR count). The fourth-order valence-electron chi connectivity index (χ4n) is 1.83. The van der Waals surface area contributed by atoms with Gasteiger partial charge in [0.1, 0.15) is 5.75 Å². The Labute approximate surface area is 129 Å². The van der Waals surface area contributed by atoms with Gasteiger partial charge in [-0.25, -0.2) is 0 Å². The minimum Gasteiger partial charge on any atom is -0.494 e. The Morgan fingerprint density at radius 2 is 1.95 bits per heavy atom. The summed E-state index contributed by atoms with van der Waals surface area (Å²) in [6, 6.07) is 17.5. The van der Waals surface area contributed by atoms with Crippen LogP contribution in [0.15, 0.2) is 59.5 Å². The minimum atomic E-state index is 0.0204. The van der Waals surface area contributed by atoms with Gasteiger partial charge in [0.05, 0.1) is 6.61 Å². The lowest BCUT2D eigenvalue weighted by molar-refractivity contribution is -0.115. The van der Waals surface area contributed by atoms with E-state index in [4.69, 9.17) is 4.74 Å². The maximum absolute atomic E-state index is 11.9. The summed E-state index contributed by atoms with van der Waals surface area (Å²) < 4.78 is 5.41. The number of hydrogen-bond donors (Lipinski definition) is 1. The molecule has 2 aromatic rings. The average Bonchev–Trinajstić information content (AvgIpc) is 2.49. The first kappa shape index (κ1) is 15.4. The molecule has 4 heteroatoms. The number of rotatable bonds is 7. The largest absolute Gasteiger partial charge is 0.494 e. The Balaban J connectivity index is 1.78. The van der Waals surface area contributed by atoms with Gasteiger partial charge >= 0.3 is 0 Å². The van der Waals surface area contributed by atoms with E-state index < -0.39 is 0 Å². The highest BCUT2D eigenvalue weighted by molar-refractivity contribution is 7.99. The quantitative estimate of drug-likeness (QED) is 0.779. The Bertz CT molecular complexity index is 572. The maximum Gasteiger partial charge on any atom is 0.225 e. The number of benzene rings is 2. The molecule has 0 saturated heterocycles. The zero-order chi connectivity index (χ0) is 14.9. The number of carbonyl (C=O) groups is 1. The van der Waals surface area contributed by atoms with Crippen molar-refractivity contribution < 1.29 is 9.53 Å². The van der Waals surface area contributed by atoms with Crippen LogP contribution in [0.5, 0.6) is 5.75 Å². The molecule has 2 aromatic carbocycles. The molecule has 0 saturated carbocycles. The Morgan fingerprint density at radius 1 is 1.14 bits per heavy atom. The molecular weight excluding hydrogens is 282 g/mol. The normalized spacial score (nSPS) is 10.1. The van der Waals surface area contributed by atoms with E-state index in [9.17, 15) is 4.79 Å². The van der Waals surface area contributed by atoms with E-state index in [1.54, 1.807) is 11.8 Å². The summed E-state index contributed by atoms with van der Waals surface area (Å²) in [6.45, 7) is 2.55. The smallest absolute Gasteiger partial charge is 0.225 e. The third-order valence-corrected chi connectivity index (χ3v) is 3.78. The summed E-state index contributed by atoms with van der Waals surface area (Å²) in [7, 11) is 0. The van der Waals surface area contributed by atoms with Gasteiger partial charge in [-0.2, -0.15) is 0 Å². The van der Waals surface area contributed by atoms with E-state index >= 15 is 0 Å². The molecular formula is C17H19NO2S. The molecule has 0 fully saturated rings. The third-order valence-electron chi connectivity index (χ3n) is 2.77. The van der Waals surface area contributed by atoms with Crippen LogP contribution in [0.4, 0.5) is 5.69 Å². The van der Waals surface area contributed by atoms with E-state index in [0.717, 1.165) is 17.2 Å². The van der Waals surface area contributed by atoms with Crippen molar-refractivity contribution in [3.63, 3.8) is 0 Å². The van der Waals surface area contributed by atoms with Crippen molar-refractivity contribution in [2.45, 2.75) is 18.2 Å². The molecule has 0 aliphatic heterocycles. The van der Waals surface area contributed by atoms with Crippen LogP contribution in [-0.4, -0.2) is 18.3 Å². The molecule has 0 atom stereocenters. The van der Waals surface area contributed by atoms with Crippen molar-refractivity contribution >= 4 is 23.4 Å². The van der Waals surface area contributed by atoms with Crippen molar-refractivity contribution in [1.82, 2.24) is 0 Å². The van der Waals surface area contributed by atoms with Crippen molar-refractivity contribution in [3.8, 4) is 5.75 Å². The van der Waals surface area contributed by atoms with Crippen LogP contribution in [-0.2, 0) is 4.79 Å². The first-order valence-electron chi connectivity index (χ1n) is 6.98. The number of hydrogen-bond acceptors (Lipinski definition) is 3. The van der Waals surface area contributed by atoms with Gasteiger partial charge in [-0.05, 0) is 31.2 Å². The second-order valence-electron chi connectivity index (χ2n) is 4.42. The predicted octanol–water partition coefficient (Wildman–Crippen LogP) is 4.21. The number of carbonyl (C=O) groups excluding carboxylic acids is 1. The summed E-state index contributed by atoms with van der Waals surface area (Å²) in [6.07, 6.45) is 0.485. The average molecular weight is 301 g/mol. The molecule has 3 nitrogen and oxygen atoms in total. The van der Waals surface area contributed by atoms with E-state index in [2.05, 4.69) is 5.32 Å². The highest BCUT2D eigenvalue weighted by atomic mass is 32.2. The molecule has 0 aliphatic carbocycles. The SMILES string of the molecule is CCOc1cccc(NC(=O)CCSc2ccccc2)c1. The predicted molar refractivity (Wildman–Crippen MR) is 88.0 cm³/mol. The second kappa shape index (κ2) is 8.37. The van der Waals surface area contributed by atoms with Crippen LogP contribution >= 0.6 is 11.8 Å². The molecule has 110 valence electrons. The van der Waals surface area contributed by atoms with E-state index in [-0.39, 0.29) is 5.91 Å². The van der Waals surface area contributed by atoms with Crippen LogP contribution in [0.3, 0.4) is 0 Å². The summed E-state index contributed by atoms with van der Waals surface area (Å²) in [5.74, 6) is 1.56. The molecule has 0 radical (unpaired) electrons. The van der Waals surface area contributed by atoms with E-state index in [0.29, 0.717) is 13.0 Å². The lowest BCUT2D eigenvalue weighted by Gasteiger charge is -2.08. The first-order chi connectivity index (χ1) is 10.3. The lowest BCUT2D eigenvalue weighted by atomic mass is 10.3. The Kier molecular flexibility index (Phi) is 6.16. The lowest BCUT2D eigenvalue weighted by Crippen LogP contribution is -2.12. The number of thioether (sulfide) groups is 1. The number of nitrogens with one attached hydrogen (secondary N) is 1. The fourth-order valence-corrected chi connectivity index (χ4v) is 2.70. The van der Waals surface area contributed by atoms with Gasteiger partial charge in [0.15, 0.2) is 0 Å². The van der Waals surface area contributed by atoms with Crippen LogP contribution in [0.25, 0.3) is 0 Å². The number of ether oxygens (including phenoxy) is 1. The highest BCUT2D eigenvalue weighted by Gasteiger charge is 2.04. The maximum atomic E-state index is 11.9. The molecule has 1 N–H and O–H groups in total. The highest BCUT2D eigenvalue weighted by Crippen LogP contribution is 2.19. The van der Waals surface area contributed by atoms with Crippen molar-refractivity contribution in [1.29, 1.82) is 0 Å². The van der Waals surface area contributed by atoms with Crippen molar-refractivity contribution in [3.05, 3.63) is 54.6 Å². The molecule has 21 heavy (non-hydrogen) atoms. The minimum absolute atomic E-state index is 0.0204. The van der Waals surface area contributed by atoms with Gasteiger partial charge in [-0.1, -0.05) is 24.3 Å². The summed E-state index contributed by atoms with van der Waals surface area (Å²) in [4.78, 5) is 13.1. The topological polar surface area (TPSA) is 38.3 Å². The van der Waals surface area contributed by atoms with Crippen LogP contribution < -0.4 is 10.1 Å². The van der Waals surface area contributed by atoms with Crippen molar-refractivity contribution in [2.75, 3.05) is 17.7 Å². The molecule has 0 aromatic heterocycles. The van der Waals surface area contributed by atoms with Gasteiger partial charge in [0.25, 0.3) is 0 Å². The monoisotopic (exact) mass is 301 g/mol. The fraction of sp³-hybridized carbons (Fsp3) is 0.235. The first-order valence-corrected chi connectivity index (χ1v) is 7.97. The molecule has 0 heterocycles.